The fraction of sp³-hybridized carbons (Fsp3) is 0.762. The number of fused-ring (bicyclic) bond motifs is 1. The summed E-state index contributed by atoms with van der Waals surface area (Å²) in [6.45, 7) is 15.6. The Labute approximate surface area is 190 Å². The molecule has 0 aliphatic carbocycles. The molecule has 0 bridgehead atoms. The molecule has 0 saturated carbocycles. The molecule has 1 saturated heterocycles. The first-order valence-corrected chi connectivity index (χ1v) is 14.3. The number of nitrogens with two attached hydrogens (primary N) is 1. The predicted octanol–water partition coefficient (Wildman–Crippen LogP) is 4.36. The zero-order valence-corrected chi connectivity index (χ0v) is 21.5. The second-order valence-corrected chi connectivity index (χ2v) is 15.8. The molecule has 31 heavy (non-hydrogen) atoms. The minimum atomic E-state index is -2.12. The maximum atomic E-state index is 10.1. The molecule has 174 valence electrons. The van der Waals surface area contributed by atoms with E-state index in [4.69, 9.17) is 20.0 Å². The number of nitrogen functional groups attached to an aromatic ring is 1. The molecule has 2 aromatic heterocycles. The minimum Gasteiger partial charge on any atom is -0.410 e. The van der Waals surface area contributed by atoms with Gasteiger partial charge in [-0.2, -0.15) is 5.10 Å². The summed E-state index contributed by atoms with van der Waals surface area (Å²) in [5.41, 5.74) is 8.17. The second kappa shape index (κ2) is 9.74. The number of aliphatic hydroxyl groups excluding tert-OH is 1. The molecule has 1 aliphatic rings. The molecule has 0 radical (unpaired) electrons. The van der Waals surface area contributed by atoms with Crippen LogP contribution >= 0.6 is 11.8 Å². The average Bonchev–Trinajstić information content (AvgIpc) is 3.27. The third-order valence-corrected chi connectivity index (χ3v) is 13.4. The molecule has 3 rings (SSSR count). The molecule has 0 spiro atoms. The molecular weight excluding hydrogens is 430 g/mol. The summed E-state index contributed by atoms with van der Waals surface area (Å²) in [7, 11) is -2.12. The fourth-order valence-electron chi connectivity index (χ4n) is 5.21. The molecule has 3 N–H and O–H groups in total. The van der Waals surface area contributed by atoms with E-state index >= 15 is 0 Å². The summed E-state index contributed by atoms with van der Waals surface area (Å²) in [5, 5.41) is 16.4. The van der Waals surface area contributed by atoms with E-state index in [1.165, 1.54) is 6.33 Å². The maximum absolute atomic E-state index is 10.1. The van der Waals surface area contributed by atoms with E-state index in [-0.39, 0.29) is 18.9 Å². The lowest BCUT2D eigenvalue weighted by molar-refractivity contribution is -0.0458. The van der Waals surface area contributed by atoms with Crippen molar-refractivity contribution in [1.82, 2.24) is 19.7 Å². The van der Waals surface area contributed by atoms with Gasteiger partial charge in [0, 0.05) is 6.42 Å². The van der Waals surface area contributed by atoms with Crippen molar-refractivity contribution in [3.63, 3.8) is 0 Å². The van der Waals surface area contributed by atoms with E-state index in [1.807, 2.05) is 0 Å². The van der Waals surface area contributed by atoms with Crippen molar-refractivity contribution in [3.05, 3.63) is 6.33 Å². The van der Waals surface area contributed by atoms with E-state index in [2.05, 4.69) is 58.4 Å². The Hall–Kier alpha value is -1.20. The fourth-order valence-corrected chi connectivity index (χ4v) is 11.6. The highest BCUT2D eigenvalue weighted by Gasteiger charge is 2.50. The molecule has 3 heterocycles. The standard InChI is InChI=1S/C21H37N5O3SSi/c1-8-30-21-18-19(22)23-11-24-20(18)26(25-21)17-9-15(16(10-27)28-17)29-31(12(2)3,13(4)5)14(6)7/h11-17,27H,8-10H2,1-7H3,(H2,22,23,24)/t15-,16+,17+/m0/s1. The van der Waals surface area contributed by atoms with Crippen LogP contribution in [0.25, 0.3) is 11.0 Å². The number of thioether (sulfide) groups is 1. The summed E-state index contributed by atoms with van der Waals surface area (Å²) in [6.07, 6.45) is 1.12. The highest BCUT2D eigenvalue weighted by Crippen LogP contribution is 2.46. The molecule has 0 amide bonds. The van der Waals surface area contributed by atoms with Crippen molar-refractivity contribution in [2.24, 2.45) is 0 Å². The normalized spacial score (nSPS) is 22.5. The van der Waals surface area contributed by atoms with Crippen molar-refractivity contribution in [2.75, 3.05) is 18.1 Å². The third-order valence-electron chi connectivity index (χ3n) is 6.46. The Morgan fingerprint density at radius 2 is 1.87 bits per heavy atom. The minimum absolute atomic E-state index is 0.0905. The van der Waals surface area contributed by atoms with Gasteiger partial charge in [0.05, 0.1) is 18.1 Å². The van der Waals surface area contributed by atoms with Crippen LogP contribution in [0.3, 0.4) is 0 Å². The molecule has 3 atom stereocenters. The summed E-state index contributed by atoms with van der Waals surface area (Å²) >= 11 is 1.61. The van der Waals surface area contributed by atoms with Crippen LogP contribution in [0.4, 0.5) is 5.82 Å². The van der Waals surface area contributed by atoms with Gasteiger partial charge in [0.25, 0.3) is 0 Å². The molecule has 2 aromatic rings. The number of hydrogen-bond donors (Lipinski definition) is 2. The van der Waals surface area contributed by atoms with Gasteiger partial charge in [-0.3, -0.25) is 0 Å². The molecule has 8 nitrogen and oxygen atoms in total. The van der Waals surface area contributed by atoms with E-state index < -0.39 is 14.4 Å². The van der Waals surface area contributed by atoms with E-state index in [0.717, 1.165) is 16.2 Å². The Morgan fingerprint density at radius 3 is 2.42 bits per heavy atom. The lowest BCUT2D eigenvalue weighted by Gasteiger charge is -2.44. The number of aromatic nitrogens is 4. The quantitative estimate of drug-likeness (QED) is 0.414. The molecular formula is C21H37N5O3SSi. The van der Waals surface area contributed by atoms with Gasteiger partial charge in [0.2, 0.25) is 8.32 Å². The number of aliphatic hydroxyl groups is 1. The predicted molar refractivity (Wildman–Crippen MR) is 128 cm³/mol. The number of rotatable bonds is 9. The van der Waals surface area contributed by atoms with Crippen molar-refractivity contribution in [1.29, 1.82) is 0 Å². The molecule has 10 heteroatoms. The smallest absolute Gasteiger partial charge is 0.200 e. The second-order valence-electron chi connectivity index (χ2n) is 9.16. The van der Waals surface area contributed by atoms with Crippen molar-refractivity contribution in [2.45, 2.75) is 95.0 Å². The number of anilines is 1. The van der Waals surface area contributed by atoms with E-state index in [1.54, 1.807) is 16.4 Å². The Bertz CT molecular complexity index is 869. The Kier molecular flexibility index (Phi) is 7.68. The van der Waals surface area contributed by atoms with Gasteiger partial charge in [0.1, 0.15) is 23.3 Å². The molecule has 1 aliphatic heterocycles. The van der Waals surface area contributed by atoms with E-state index in [0.29, 0.717) is 34.5 Å². The lowest BCUT2D eigenvalue weighted by Crippen LogP contribution is -2.51. The van der Waals surface area contributed by atoms with Gasteiger partial charge in [-0.05, 0) is 22.4 Å². The summed E-state index contributed by atoms with van der Waals surface area (Å²) in [4.78, 5) is 8.59. The highest BCUT2D eigenvalue weighted by molar-refractivity contribution is 7.99. The van der Waals surface area contributed by atoms with Gasteiger partial charge in [-0.15, -0.1) is 11.8 Å². The van der Waals surface area contributed by atoms with Crippen molar-refractivity contribution in [3.8, 4) is 0 Å². The van der Waals surface area contributed by atoms with Crippen LogP contribution in [0.15, 0.2) is 11.4 Å². The van der Waals surface area contributed by atoms with Crippen LogP contribution in [0, 0.1) is 0 Å². The van der Waals surface area contributed by atoms with Gasteiger partial charge >= 0.3 is 0 Å². The first-order chi connectivity index (χ1) is 14.7. The average molecular weight is 468 g/mol. The van der Waals surface area contributed by atoms with Gasteiger partial charge in [-0.25, -0.2) is 14.6 Å². The largest absolute Gasteiger partial charge is 0.410 e. The summed E-state index contributed by atoms with van der Waals surface area (Å²) in [5.74, 6) is 1.28. The summed E-state index contributed by atoms with van der Waals surface area (Å²) in [6, 6.07) is 0. The molecule has 0 unspecified atom stereocenters. The number of ether oxygens (including phenoxy) is 1. The van der Waals surface area contributed by atoms with Crippen LogP contribution < -0.4 is 5.73 Å². The lowest BCUT2D eigenvalue weighted by atomic mass is 10.2. The molecule has 1 fully saturated rings. The zero-order valence-electron chi connectivity index (χ0n) is 19.7. The number of hydrogen-bond acceptors (Lipinski definition) is 8. The third kappa shape index (κ3) is 4.37. The van der Waals surface area contributed by atoms with Gasteiger partial charge in [-0.1, -0.05) is 48.5 Å². The summed E-state index contributed by atoms with van der Waals surface area (Å²) < 4.78 is 15.0. The van der Waals surface area contributed by atoms with E-state index in [9.17, 15) is 5.11 Å². The van der Waals surface area contributed by atoms with Gasteiger partial charge in [0.15, 0.2) is 11.9 Å². The monoisotopic (exact) mass is 467 g/mol. The van der Waals surface area contributed by atoms with Gasteiger partial charge < -0.3 is 20.0 Å². The number of nitrogens with zero attached hydrogens (tertiary/aromatic N) is 4. The zero-order chi connectivity index (χ0) is 22.9. The first-order valence-electron chi connectivity index (χ1n) is 11.2. The van der Waals surface area contributed by atoms with Crippen molar-refractivity contribution >= 4 is 36.9 Å². The highest BCUT2D eigenvalue weighted by atomic mass is 32.2. The SMILES string of the molecule is CCSc1nn([C@H]2C[C@H](O[Si](C(C)C)(C(C)C)C(C)C)[C@@H](CO)O2)c2ncnc(N)c12. The van der Waals surface area contributed by atoms with Crippen LogP contribution in [0.2, 0.25) is 16.6 Å². The first kappa shape index (κ1) is 24.4. The van der Waals surface area contributed by atoms with Crippen LogP contribution in [0.1, 0.15) is 61.1 Å². The topological polar surface area (TPSA) is 108 Å². The van der Waals surface area contributed by atoms with Crippen LogP contribution in [0.5, 0.6) is 0 Å². The molecule has 0 aromatic carbocycles. The van der Waals surface area contributed by atoms with Crippen molar-refractivity contribution < 1.29 is 14.3 Å². The Balaban J connectivity index is 1.96. The Morgan fingerprint density at radius 1 is 1.23 bits per heavy atom. The van der Waals surface area contributed by atoms with Crippen LogP contribution in [-0.2, 0) is 9.16 Å². The van der Waals surface area contributed by atoms with Crippen LogP contribution in [-0.4, -0.2) is 57.7 Å². The maximum Gasteiger partial charge on any atom is 0.200 e.